The topological polar surface area (TPSA) is 86.7 Å². The van der Waals surface area contributed by atoms with Crippen LogP contribution in [-0.4, -0.2) is 56.4 Å². The fraction of sp³-hybridized carbons (Fsp3) is 0.562. The molecule has 0 radical (unpaired) electrons. The van der Waals surface area contributed by atoms with Crippen LogP contribution in [0.2, 0.25) is 5.02 Å². The molecule has 1 aromatic carbocycles. The van der Waals surface area contributed by atoms with E-state index in [9.17, 15) is 18.3 Å². The van der Waals surface area contributed by atoms with Gasteiger partial charge in [-0.15, -0.1) is 0 Å². The molecule has 0 aromatic heterocycles. The normalized spacial score (nSPS) is 18.0. The molecule has 1 amide bonds. The van der Waals surface area contributed by atoms with Gasteiger partial charge in [-0.05, 0) is 49.5 Å². The van der Waals surface area contributed by atoms with Crippen LogP contribution in [0.3, 0.4) is 0 Å². The average Bonchev–Trinajstić information content (AvgIpc) is 2.58. The highest BCUT2D eigenvalue weighted by atomic mass is 35.5. The van der Waals surface area contributed by atoms with Crippen molar-refractivity contribution < 1.29 is 18.3 Å². The second kappa shape index (κ2) is 9.12. The van der Waals surface area contributed by atoms with E-state index in [1.165, 1.54) is 16.4 Å². The van der Waals surface area contributed by atoms with Crippen molar-refractivity contribution in [3.63, 3.8) is 0 Å². The maximum absolute atomic E-state index is 12.4. The number of anilines is 1. The van der Waals surface area contributed by atoms with Gasteiger partial charge >= 0.3 is 0 Å². The van der Waals surface area contributed by atoms with Crippen molar-refractivity contribution in [3.8, 4) is 0 Å². The lowest BCUT2D eigenvalue weighted by Crippen LogP contribution is -2.39. The molecule has 1 aliphatic rings. The number of hydrogen-bond donors (Lipinski definition) is 2. The molecule has 1 aliphatic heterocycles. The lowest BCUT2D eigenvalue weighted by atomic mass is 10.1. The standard InChI is InChI=1S/C16H23ClN2O4S2/c1-24-8-6-13(11-20)18-16(21)12-4-5-14(17)15(10-12)19-7-2-3-9-25(19,22)23/h4-5,10,13,20H,2-3,6-9,11H2,1H3,(H,18,21)/t13-/m0/s1. The predicted molar refractivity (Wildman–Crippen MR) is 103 cm³/mol. The van der Waals surface area contributed by atoms with E-state index < -0.39 is 10.0 Å². The van der Waals surface area contributed by atoms with E-state index in [4.69, 9.17) is 11.6 Å². The summed E-state index contributed by atoms with van der Waals surface area (Å²) in [7, 11) is -3.41. The number of aliphatic hydroxyl groups excluding tert-OH is 1. The Bertz CT molecular complexity index is 712. The molecule has 0 aliphatic carbocycles. The second-order valence-corrected chi connectivity index (χ2v) is 9.30. The van der Waals surface area contributed by atoms with Crippen molar-refractivity contribution in [2.24, 2.45) is 0 Å². The summed E-state index contributed by atoms with van der Waals surface area (Å²) in [5.74, 6) is 0.553. The number of amides is 1. The van der Waals surface area contributed by atoms with Crippen molar-refractivity contribution in [1.29, 1.82) is 0 Å². The van der Waals surface area contributed by atoms with E-state index in [0.29, 0.717) is 35.7 Å². The van der Waals surface area contributed by atoms with Gasteiger partial charge in [-0.25, -0.2) is 8.42 Å². The highest BCUT2D eigenvalue weighted by molar-refractivity contribution is 7.98. The summed E-state index contributed by atoms with van der Waals surface area (Å²) in [6, 6.07) is 4.26. The first-order valence-electron chi connectivity index (χ1n) is 8.09. The van der Waals surface area contributed by atoms with Gasteiger partial charge in [0.15, 0.2) is 0 Å². The summed E-state index contributed by atoms with van der Waals surface area (Å²) in [6.45, 7) is 0.216. The number of rotatable bonds is 7. The summed E-state index contributed by atoms with van der Waals surface area (Å²) in [4.78, 5) is 12.4. The highest BCUT2D eigenvalue weighted by Gasteiger charge is 2.28. The number of thioether (sulfide) groups is 1. The van der Waals surface area contributed by atoms with Gasteiger partial charge in [0, 0.05) is 12.1 Å². The molecule has 25 heavy (non-hydrogen) atoms. The molecule has 2 N–H and O–H groups in total. The van der Waals surface area contributed by atoms with Crippen LogP contribution in [0.4, 0.5) is 5.69 Å². The molecule has 0 saturated carbocycles. The van der Waals surface area contributed by atoms with Gasteiger partial charge < -0.3 is 10.4 Å². The first-order valence-corrected chi connectivity index (χ1v) is 11.5. The van der Waals surface area contributed by atoms with Crippen LogP contribution in [0, 0.1) is 0 Å². The van der Waals surface area contributed by atoms with E-state index in [1.807, 2.05) is 6.26 Å². The van der Waals surface area contributed by atoms with Gasteiger partial charge in [-0.2, -0.15) is 11.8 Å². The Morgan fingerprint density at radius 3 is 2.84 bits per heavy atom. The molecule has 140 valence electrons. The molecule has 0 spiro atoms. The molecule has 1 saturated heterocycles. The number of carbonyl (C=O) groups is 1. The van der Waals surface area contributed by atoms with Crippen LogP contribution >= 0.6 is 23.4 Å². The number of halogens is 1. The van der Waals surface area contributed by atoms with Crippen LogP contribution in [0.1, 0.15) is 29.6 Å². The summed E-state index contributed by atoms with van der Waals surface area (Å²) < 4.78 is 25.9. The minimum absolute atomic E-state index is 0.0843. The summed E-state index contributed by atoms with van der Waals surface area (Å²) in [6.07, 6.45) is 4.00. The third-order valence-corrected chi connectivity index (χ3v) is 6.87. The number of aliphatic hydroxyl groups is 1. The molecule has 1 heterocycles. The maximum Gasteiger partial charge on any atom is 0.251 e. The van der Waals surface area contributed by atoms with Crippen molar-refractivity contribution >= 4 is 45.0 Å². The molecule has 1 aromatic rings. The Balaban J connectivity index is 2.21. The molecule has 2 rings (SSSR count). The largest absolute Gasteiger partial charge is 0.394 e. The van der Waals surface area contributed by atoms with Gasteiger partial charge in [0.25, 0.3) is 5.91 Å². The van der Waals surface area contributed by atoms with Crippen molar-refractivity contribution in [3.05, 3.63) is 28.8 Å². The van der Waals surface area contributed by atoms with E-state index in [-0.39, 0.29) is 24.3 Å². The fourth-order valence-electron chi connectivity index (χ4n) is 2.64. The third kappa shape index (κ3) is 5.26. The Hall–Kier alpha value is -0.960. The monoisotopic (exact) mass is 406 g/mol. The smallest absolute Gasteiger partial charge is 0.251 e. The fourth-order valence-corrected chi connectivity index (χ4v) is 5.08. The number of carbonyl (C=O) groups excluding carboxylic acids is 1. The third-order valence-electron chi connectivity index (χ3n) is 4.05. The number of sulfonamides is 1. The van der Waals surface area contributed by atoms with Crippen molar-refractivity contribution in [2.45, 2.75) is 25.3 Å². The Kier molecular flexibility index (Phi) is 7.42. The maximum atomic E-state index is 12.4. The quantitative estimate of drug-likeness (QED) is 0.724. The van der Waals surface area contributed by atoms with Crippen LogP contribution in [0.15, 0.2) is 18.2 Å². The zero-order valence-electron chi connectivity index (χ0n) is 14.1. The van der Waals surface area contributed by atoms with Crippen LogP contribution in [-0.2, 0) is 10.0 Å². The molecule has 1 atom stereocenters. The Morgan fingerprint density at radius 2 is 2.20 bits per heavy atom. The molecule has 1 fully saturated rings. The first kappa shape index (κ1) is 20.4. The molecule has 6 nitrogen and oxygen atoms in total. The number of nitrogens with one attached hydrogen (secondary N) is 1. The van der Waals surface area contributed by atoms with Gasteiger partial charge in [0.1, 0.15) is 0 Å². The summed E-state index contributed by atoms with van der Waals surface area (Å²) in [5.41, 5.74) is 0.654. The first-order chi connectivity index (χ1) is 11.9. The molecular formula is C16H23ClN2O4S2. The van der Waals surface area contributed by atoms with E-state index in [0.717, 1.165) is 12.2 Å². The van der Waals surface area contributed by atoms with Crippen LogP contribution < -0.4 is 9.62 Å². The van der Waals surface area contributed by atoms with Crippen molar-refractivity contribution in [1.82, 2.24) is 5.32 Å². The van der Waals surface area contributed by atoms with Crippen LogP contribution in [0.5, 0.6) is 0 Å². The van der Waals surface area contributed by atoms with E-state index in [2.05, 4.69) is 5.32 Å². The molecule has 0 unspecified atom stereocenters. The molecular weight excluding hydrogens is 384 g/mol. The molecule has 9 heteroatoms. The zero-order chi connectivity index (χ0) is 18.4. The van der Waals surface area contributed by atoms with Crippen molar-refractivity contribution in [2.75, 3.05) is 35.2 Å². The van der Waals surface area contributed by atoms with Gasteiger partial charge in [0.2, 0.25) is 10.0 Å². The molecule has 0 bridgehead atoms. The van der Waals surface area contributed by atoms with Gasteiger partial charge in [-0.3, -0.25) is 9.10 Å². The minimum atomic E-state index is -3.41. The lowest BCUT2D eigenvalue weighted by Gasteiger charge is -2.29. The highest BCUT2D eigenvalue weighted by Crippen LogP contribution is 2.31. The van der Waals surface area contributed by atoms with E-state index >= 15 is 0 Å². The van der Waals surface area contributed by atoms with Gasteiger partial charge in [0.05, 0.1) is 29.1 Å². The SMILES string of the molecule is CSCC[C@@H](CO)NC(=O)c1ccc(Cl)c(N2CCCCS2(=O)=O)c1. The summed E-state index contributed by atoms with van der Waals surface area (Å²) in [5, 5.41) is 12.5. The number of hydrogen-bond acceptors (Lipinski definition) is 5. The van der Waals surface area contributed by atoms with Crippen LogP contribution in [0.25, 0.3) is 0 Å². The second-order valence-electron chi connectivity index (χ2n) is 5.90. The minimum Gasteiger partial charge on any atom is -0.394 e. The lowest BCUT2D eigenvalue weighted by molar-refractivity contribution is 0.0915. The Labute approximate surface area is 158 Å². The van der Waals surface area contributed by atoms with E-state index in [1.54, 1.807) is 17.8 Å². The number of nitrogens with zero attached hydrogens (tertiary/aromatic N) is 1. The number of benzene rings is 1. The Morgan fingerprint density at radius 1 is 1.44 bits per heavy atom. The summed E-state index contributed by atoms with van der Waals surface area (Å²) >= 11 is 7.82. The predicted octanol–water partition coefficient (Wildman–Crippen LogP) is 2.11. The van der Waals surface area contributed by atoms with Gasteiger partial charge in [-0.1, -0.05) is 11.6 Å². The zero-order valence-corrected chi connectivity index (χ0v) is 16.5. The average molecular weight is 407 g/mol.